The van der Waals surface area contributed by atoms with Crippen molar-refractivity contribution < 1.29 is 0 Å². The fourth-order valence-corrected chi connectivity index (χ4v) is 3.81. The molecule has 2 fully saturated rings. The molecule has 3 heteroatoms. The predicted molar refractivity (Wildman–Crippen MR) is 63.3 cm³/mol. The van der Waals surface area contributed by atoms with E-state index in [0.29, 0.717) is 11.5 Å². The van der Waals surface area contributed by atoms with Crippen molar-refractivity contribution in [2.75, 3.05) is 6.54 Å². The molecular weight excluding hydrogens is 204 g/mol. The second kappa shape index (κ2) is 3.56. The van der Waals surface area contributed by atoms with E-state index in [1.165, 1.54) is 42.0 Å². The molecule has 1 aromatic heterocycles. The van der Waals surface area contributed by atoms with Gasteiger partial charge in [0, 0.05) is 16.5 Å². The molecule has 3 rings (SSSR count). The minimum Gasteiger partial charge on any atom is -0.308 e. The standard InChI is InChI=1S/C12H18N2S/c1-12(5-3-6-12)10-8-14-11(15-10)9-4-2-7-13-9/h8-9,13H,2-7H2,1H3. The van der Waals surface area contributed by atoms with Gasteiger partial charge in [0.15, 0.2) is 0 Å². The third-order valence-corrected chi connectivity index (χ3v) is 5.35. The average molecular weight is 222 g/mol. The first-order chi connectivity index (χ1) is 7.28. The summed E-state index contributed by atoms with van der Waals surface area (Å²) < 4.78 is 0. The number of nitrogens with zero attached hydrogens (tertiary/aromatic N) is 1. The Labute approximate surface area is 95.1 Å². The monoisotopic (exact) mass is 222 g/mol. The summed E-state index contributed by atoms with van der Waals surface area (Å²) in [5, 5.41) is 4.84. The topological polar surface area (TPSA) is 24.9 Å². The van der Waals surface area contributed by atoms with E-state index in [1.54, 1.807) is 0 Å². The molecule has 82 valence electrons. The maximum Gasteiger partial charge on any atom is 0.110 e. The molecule has 0 spiro atoms. The second-order valence-corrected chi connectivity index (χ2v) is 6.19. The maximum absolute atomic E-state index is 4.60. The highest BCUT2D eigenvalue weighted by molar-refractivity contribution is 7.11. The fourth-order valence-electron chi connectivity index (χ4n) is 2.58. The zero-order valence-electron chi connectivity index (χ0n) is 9.25. The molecule has 2 nitrogen and oxygen atoms in total. The van der Waals surface area contributed by atoms with Crippen molar-refractivity contribution in [3.05, 3.63) is 16.1 Å². The van der Waals surface area contributed by atoms with Gasteiger partial charge < -0.3 is 5.32 Å². The number of rotatable bonds is 2. The van der Waals surface area contributed by atoms with Crippen LogP contribution >= 0.6 is 11.3 Å². The Hall–Kier alpha value is -0.410. The van der Waals surface area contributed by atoms with Gasteiger partial charge in [-0.15, -0.1) is 11.3 Å². The third kappa shape index (κ3) is 1.62. The second-order valence-electron chi connectivity index (χ2n) is 5.13. The summed E-state index contributed by atoms with van der Waals surface area (Å²) in [5.74, 6) is 0. The minimum atomic E-state index is 0.467. The molecular formula is C12H18N2S. The first-order valence-electron chi connectivity index (χ1n) is 5.97. The van der Waals surface area contributed by atoms with Gasteiger partial charge >= 0.3 is 0 Å². The van der Waals surface area contributed by atoms with Crippen LogP contribution in [0.4, 0.5) is 0 Å². The van der Waals surface area contributed by atoms with E-state index < -0.39 is 0 Å². The van der Waals surface area contributed by atoms with Crippen molar-refractivity contribution in [2.24, 2.45) is 0 Å². The third-order valence-electron chi connectivity index (χ3n) is 3.93. The molecule has 0 radical (unpaired) electrons. The van der Waals surface area contributed by atoms with E-state index in [2.05, 4.69) is 23.4 Å². The lowest BCUT2D eigenvalue weighted by atomic mass is 9.70. The Balaban J connectivity index is 1.80. The molecule has 1 aromatic rings. The van der Waals surface area contributed by atoms with Gasteiger partial charge in [-0.3, -0.25) is 0 Å². The summed E-state index contributed by atoms with van der Waals surface area (Å²) in [4.78, 5) is 6.11. The molecule has 1 saturated heterocycles. The van der Waals surface area contributed by atoms with Crippen LogP contribution in [0.1, 0.15) is 55.0 Å². The number of hydrogen-bond donors (Lipinski definition) is 1. The minimum absolute atomic E-state index is 0.467. The molecule has 0 bridgehead atoms. The molecule has 1 saturated carbocycles. The first-order valence-corrected chi connectivity index (χ1v) is 6.79. The van der Waals surface area contributed by atoms with Crippen molar-refractivity contribution in [1.82, 2.24) is 10.3 Å². The van der Waals surface area contributed by atoms with E-state index in [0.717, 1.165) is 6.54 Å². The number of nitrogens with one attached hydrogen (secondary N) is 1. The van der Waals surface area contributed by atoms with Crippen molar-refractivity contribution in [3.63, 3.8) is 0 Å². The largest absolute Gasteiger partial charge is 0.308 e. The van der Waals surface area contributed by atoms with Crippen LogP contribution in [0.3, 0.4) is 0 Å². The first kappa shape index (κ1) is 9.79. The van der Waals surface area contributed by atoms with Crippen LogP contribution in [0.15, 0.2) is 6.20 Å². The SMILES string of the molecule is CC1(c2cnc(C3CCCN3)s2)CCC1. The van der Waals surface area contributed by atoms with Gasteiger partial charge in [0.25, 0.3) is 0 Å². The van der Waals surface area contributed by atoms with Crippen LogP contribution in [-0.2, 0) is 5.41 Å². The van der Waals surface area contributed by atoms with Gasteiger partial charge in [0.05, 0.1) is 6.04 Å². The zero-order chi connectivity index (χ0) is 10.3. The van der Waals surface area contributed by atoms with Crippen molar-refractivity contribution in [1.29, 1.82) is 0 Å². The highest BCUT2D eigenvalue weighted by Crippen LogP contribution is 2.46. The van der Waals surface area contributed by atoms with E-state index in [1.807, 2.05) is 11.3 Å². The van der Waals surface area contributed by atoms with Gasteiger partial charge in [0.1, 0.15) is 5.01 Å². The summed E-state index contributed by atoms with van der Waals surface area (Å²) in [6.45, 7) is 3.55. The molecule has 1 aliphatic heterocycles. The van der Waals surface area contributed by atoms with E-state index >= 15 is 0 Å². The van der Waals surface area contributed by atoms with Crippen LogP contribution in [0.25, 0.3) is 0 Å². The predicted octanol–water partition coefficient (Wildman–Crippen LogP) is 3.01. The normalized spacial score (nSPS) is 29.0. The van der Waals surface area contributed by atoms with Gasteiger partial charge in [-0.2, -0.15) is 0 Å². The summed E-state index contributed by atoms with van der Waals surface area (Å²) in [7, 11) is 0. The van der Waals surface area contributed by atoms with Gasteiger partial charge in [-0.05, 0) is 32.2 Å². The van der Waals surface area contributed by atoms with E-state index in [-0.39, 0.29) is 0 Å². The molecule has 1 atom stereocenters. The lowest BCUT2D eigenvalue weighted by Gasteiger charge is -2.37. The molecule has 1 aliphatic carbocycles. The average Bonchev–Trinajstić information content (AvgIpc) is 2.84. The van der Waals surface area contributed by atoms with Crippen LogP contribution in [0.2, 0.25) is 0 Å². The van der Waals surface area contributed by atoms with Crippen LogP contribution in [0.5, 0.6) is 0 Å². The van der Waals surface area contributed by atoms with Crippen molar-refractivity contribution in [2.45, 2.75) is 50.5 Å². The summed E-state index contributed by atoms with van der Waals surface area (Å²) in [6.07, 6.45) is 8.80. The Morgan fingerprint density at radius 3 is 2.93 bits per heavy atom. The maximum atomic E-state index is 4.60. The quantitative estimate of drug-likeness (QED) is 0.832. The molecule has 1 N–H and O–H groups in total. The molecule has 1 unspecified atom stereocenters. The zero-order valence-corrected chi connectivity index (χ0v) is 10.1. The lowest BCUT2D eigenvalue weighted by molar-refractivity contribution is 0.277. The van der Waals surface area contributed by atoms with E-state index in [9.17, 15) is 0 Å². The molecule has 2 heterocycles. The Bertz CT molecular complexity index is 348. The van der Waals surface area contributed by atoms with Crippen LogP contribution in [-0.4, -0.2) is 11.5 Å². The highest BCUT2D eigenvalue weighted by atomic mass is 32.1. The lowest BCUT2D eigenvalue weighted by Crippen LogP contribution is -2.29. The Kier molecular flexibility index (Phi) is 2.33. The van der Waals surface area contributed by atoms with Crippen molar-refractivity contribution >= 4 is 11.3 Å². The van der Waals surface area contributed by atoms with Gasteiger partial charge in [0.2, 0.25) is 0 Å². The van der Waals surface area contributed by atoms with Crippen LogP contribution in [0, 0.1) is 0 Å². The summed E-state index contributed by atoms with van der Waals surface area (Å²) >= 11 is 1.94. The van der Waals surface area contributed by atoms with Crippen molar-refractivity contribution in [3.8, 4) is 0 Å². The van der Waals surface area contributed by atoms with Gasteiger partial charge in [-0.1, -0.05) is 13.3 Å². The molecule has 0 amide bonds. The smallest absolute Gasteiger partial charge is 0.110 e. The molecule has 15 heavy (non-hydrogen) atoms. The summed E-state index contributed by atoms with van der Waals surface area (Å²) in [6, 6.07) is 0.549. The number of aromatic nitrogens is 1. The van der Waals surface area contributed by atoms with Gasteiger partial charge in [-0.25, -0.2) is 4.98 Å². The number of hydrogen-bond acceptors (Lipinski definition) is 3. The number of thiazole rings is 1. The summed E-state index contributed by atoms with van der Waals surface area (Å²) in [5.41, 5.74) is 0.467. The van der Waals surface area contributed by atoms with Crippen LogP contribution < -0.4 is 5.32 Å². The Morgan fingerprint density at radius 1 is 1.47 bits per heavy atom. The fraction of sp³-hybridized carbons (Fsp3) is 0.750. The Morgan fingerprint density at radius 2 is 2.33 bits per heavy atom. The highest BCUT2D eigenvalue weighted by Gasteiger charge is 2.36. The molecule has 0 aromatic carbocycles. The molecule has 2 aliphatic rings. The van der Waals surface area contributed by atoms with E-state index in [4.69, 9.17) is 0 Å².